The van der Waals surface area contributed by atoms with Gasteiger partial charge in [-0.25, -0.2) is 29.9 Å². The summed E-state index contributed by atoms with van der Waals surface area (Å²) in [6, 6.07) is 73.7. The molecule has 2 aliphatic rings. The molecule has 3 aromatic heterocycles. The highest BCUT2D eigenvalue weighted by molar-refractivity contribution is 6.99. The number of aromatic nitrogens is 7. The first-order valence-electron chi connectivity index (χ1n) is 24.4. The maximum absolute atomic E-state index is 7.05. The third-order valence-corrected chi connectivity index (χ3v) is 14.1. The van der Waals surface area contributed by atoms with Crippen LogP contribution < -0.4 is 21.1 Å². The van der Waals surface area contributed by atoms with E-state index in [-0.39, 0.29) is 12.6 Å². The molecule has 9 heteroatoms. The highest BCUT2D eigenvalue weighted by Gasteiger charge is 2.41. The van der Waals surface area contributed by atoms with E-state index in [0.29, 0.717) is 34.9 Å². The first-order chi connectivity index (χ1) is 35.5. The maximum atomic E-state index is 7.05. The van der Waals surface area contributed by atoms with Crippen LogP contribution in [0.1, 0.15) is 25.3 Å². The van der Waals surface area contributed by atoms with Gasteiger partial charge in [-0.2, -0.15) is 0 Å². The first kappa shape index (κ1) is 41.6. The molecule has 0 fully saturated rings. The lowest BCUT2D eigenvalue weighted by Crippen LogP contribution is -2.58. The number of benzene rings is 9. The Morgan fingerprint density at radius 1 is 0.375 bits per heavy atom. The average molecular weight is 924 g/mol. The van der Waals surface area contributed by atoms with Crippen LogP contribution in [-0.4, -0.2) is 41.2 Å². The second-order valence-corrected chi connectivity index (χ2v) is 18.9. The highest BCUT2D eigenvalue weighted by atomic mass is 16.5. The van der Waals surface area contributed by atoms with Gasteiger partial charge in [-0.05, 0) is 81.5 Å². The van der Waals surface area contributed by atoms with Crippen molar-refractivity contribution in [2.75, 3.05) is 0 Å². The molecule has 9 aromatic carbocycles. The molecule has 0 amide bonds. The number of ether oxygens (including phenoxy) is 1. The number of hydrogen-bond donors (Lipinski definition) is 0. The number of nitrogens with zero attached hydrogens (tertiary/aromatic N) is 7. The molecule has 0 bridgehead atoms. The minimum absolute atomic E-state index is 0.184. The van der Waals surface area contributed by atoms with Gasteiger partial charge in [0.25, 0.3) is 6.71 Å². The van der Waals surface area contributed by atoms with Gasteiger partial charge >= 0.3 is 0 Å². The zero-order valence-electron chi connectivity index (χ0n) is 39.4. The minimum atomic E-state index is -0.184. The van der Waals surface area contributed by atoms with Crippen molar-refractivity contribution in [3.8, 4) is 96.6 Å². The van der Waals surface area contributed by atoms with Crippen LogP contribution in [0.5, 0.6) is 11.5 Å². The van der Waals surface area contributed by atoms with E-state index in [1.54, 1.807) is 0 Å². The normalized spacial score (nSPS) is 12.2. The fraction of sp³-hybridized carbons (Fsp3) is 0.0476. The van der Waals surface area contributed by atoms with E-state index >= 15 is 0 Å². The van der Waals surface area contributed by atoms with Gasteiger partial charge in [0.15, 0.2) is 34.9 Å². The molecule has 0 saturated heterocycles. The molecule has 12 aromatic rings. The Hall–Kier alpha value is -9.34. The molecule has 0 unspecified atom stereocenters. The lowest BCUT2D eigenvalue weighted by atomic mass is 9.34. The van der Waals surface area contributed by atoms with Crippen LogP contribution in [0.3, 0.4) is 0 Å². The van der Waals surface area contributed by atoms with Crippen LogP contribution >= 0.6 is 0 Å². The fourth-order valence-electron chi connectivity index (χ4n) is 10.6. The second kappa shape index (κ2) is 16.7. The third kappa shape index (κ3) is 6.92. The predicted octanol–water partition coefficient (Wildman–Crippen LogP) is 12.9. The van der Waals surface area contributed by atoms with Gasteiger partial charge in [0.2, 0.25) is 0 Å². The molecule has 0 radical (unpaired) electrons. The first-order valence-corrected chi connectivity index (χ1v) is 24.4. The Kier molecular flexibility index (Phi) is 9.64. The lowest BCUT2D eigenvalue weighted by Gasteiger charge is -2.34. The summed E-state index contributed by atoms with van der Waals surface area (Å²) in [5.41, 5.74) is 15.6. The van der Waals surface area contributed by atoms with E-state index in [4.69, 9.17) is 34.6 Å². The predicted molar refractivity (Wildman–Crippen MR) is 291 cm³/mol. The van der Waals surface area contributed by atoms with E-state index in [1.165, 1.54) is 5.56 Å². The van der Waals surface area contributed by atoms with Gasteiger partial charge in [-0.3, -0.25) is 0 Å². The van der Waals surface area contributed by atoms with Crippen molar-refractivity contribution in [1.82, 2.24) is 34.5 Å². The van der Waals surface area contributed by atoms with Crippen molar-refractivity contribution in [3.63, 3.8) is 0 Å². The van der Waals surface area contributed by atoms with Gasteiger partial charge in [-0.15, -0.1) is 0 Å². The van der Waals surface area contributed by atoms with Crippen molar-refractivity contribution in [2.24, 2.45) is 0 Å². The van der Waals surface area contributed by atoms with E-state index in [9.17, 15) is 0 Å². The van der Waals surface area contributed by atoms with Gasteiger partial charge in [0.1, 0.15) is 11.5 Å². The van der Waals surface area contributed by atoms with Crippen molar-refractivity contribution in [2.45, 2.75) is 19.8 Å². The molecular weight excluding hydrogens is 882 g/mol. The summed E-state index contributed by atoms with van der Waals surface area (Å²) in [6.07, 6.45) is 0. The molecule has 0 aliphatic carbocycles. The van der Waals surface area contributed by atoms with Crippen LogP contribution in [0.25, 0.3) is 107 Å². The van der Waals surface area contributed by atoms with Crippen molar-refractivity contribution < 1.29 is 4.74 Å². The van der Waals surface area contributed by atoms with Crippen molar-refractivity contribution in [1.29, 1.82) is 0 Å². The molecule has 14 rings (SSSR count). The summed E-state index contributed by atoms with van der Waals surface area (Å²) in [5.74, 6) is 5.58. The molecule has 0 atom stereocenters. The summed E-state index contributed by atoms with van der Waals surface area (Å²) >= 11 is 0. The Bertz CT molecular complexity index is 3980. The molecule has 2 aliphatic heterocycles. The quantitative estimate of drug-likeness (QED) is 0.140. The highest BCUT2D eigenvalue weighted by Crippen LogP contribution is 2.42. The minimum Gasteiger partial charge on any atom is -0.458 e. The second-order valence-electron chi connectivity index (χ2n) is 18.9. The Balaban J connectivity index is 1.08. The number of fused-ring (bicyclic) bond motifs is 7. The Labute approximate surface area is 416 Å². The zero-order valence-corrected chi connectivity index (χ0v) is 39.4. The molecule has 338 valence electrons. The summed E-state index contributed by atoms with van der Waals surface area (Å²) in [5, 5.41) is 2.12. The van der Waals surface area contributed by atoms with Crippen molar-refractivity contribution in [3.05, 3.63) is 218 Å². The standard InChI is InChI=1S/C63H42BN7O/c1-38(2)46-36-53-56-55(37-46)72-54-31-29-44(39-18-8-3-9-19-39)34-50(54)64(56)51-35-47(63-69-60(42-24-14-6-15-25-42)66-61(70-63)43-26-16-7-17-27-43)33-49-48-32-45(28-30-52(48)71(53)57(49)51)62-67-58(40-20-10-4-11-21-40)65-59(68-62)41-22-12-5-13-23-41/h3-38H,1-2H3. The Morgan fingerprint density at radius 2 is 0.819 bits per heavy atom. The molecule has 72 heavy (non-hydrogen) atoms. The summed E-state index contributed by atoms with van der Waals surface area (Å²) in [6.45, 7) is 4.31. The monoisotopic (exact) mass is 923 g/mol. The van der Waals surface area contributed by atoms with Gasteiger partial charge in [0, 0.05) is 55.4 Å². The summed E-state index contributed by atoms with van der Waals surface area (Å²) in [4.78, 5) is 31.1. The maximum Gasteiger partial charge on any atom is 0.256 e. The van der Waals surface area contributed by atoms with Gasteiger partial charge < -0.3 is 9.30 Å². The van der Waals surface area contributed by atoms with Crippen molar-refractivity contribution >= 4 is 44.9 Å². The topological polar surface area (TPSA) is 91.5 Å². The molecule has 8 nitrogen and oxygen atoms in total. The van der Waals surface area contributed by atoms with E-state index in [1.807, 2.05) is 97.1 Å². The number of rotatable bonds is 8. The SMILES string of the molecule is CC(C)c1cc2c3c(c1)-n1c4ccc(-c5nc(-c6ccccc6)nc(-c6ccccc6)n5)cc4c4cc(-c5nc(-c6ccccc6)nc(-c6ccccc6)n5)cc(c41)B3c1cc(-c3ccccc3)ccc1O2. The molecule has 0 spiro atoms. The van der Waals surface area contributed by atoms with Crippen LogP contribution in [0.15, 0.2) is 212 Å². The van der Waals surface area contributed by atoms with Crippen LogP contribution in [-0.2, 0) is 0 Å². The Morgan fingerprint density at radius 3 is 1.33 bits per heavy atom. The molecule has 5 heterocycles. The molecule has 0 saturated carbocycles. The lowest BCUT2D eigenvalue weighted by molar-refractivity contribution is 0.486. The fourth-order valence-corrected chi connectivity index (χ4v) is 10.6. The van der Waals surface area contributed by atoms with Crippen LogP contribution in [0.4, 0.5) is 0 Å². The zero-order chi connectivity index (χ0) is 47.9. The van der Waals surface area contributed by atoms with Gasteiger partial charge in [-0.1, -0.05) is 184 Å². The summed E-state index contributed by atoms with van der Waals surface area (Å²) < 4.78 is 9.51. The average Bonchev–Trinajstić information content (AvgIpc) is 3.78. The van der Waals surface area contributed by atoms with Crippen LogP contribution in [0, 0.1) is 0 Å². The molecular formula is C63H42BN7O. The number of hydrogen-bond acceptors (Lipinski definition) is 7. The van der Waals surface area contributed by atoms with Crippen LogP contribution in [0.2, 0.25) is 0 Å². The van der Waals surface area contributed by atoms with E-state index in [2.05, 4.69) is 134 Å². The van der Waals surface area contributed by atoms with Gasteiger partial charge in [0.05, 0.1) is 5.52 Å². The largest absolute Gasteiger partial charge is 0.458 e. The third-order valence-electron chi connectivity index (χ3n) is 14.1. The summed E-state index contributed by atoms with van der Waals surface area (Å²) in [7, 11) is 0. The molecule has 0 N–H and O–H groups in total. The van der Waals surface area contributed by atoms with E-state index < -0.39 is 0 Å². The van der Waals surface area contributed by atoms with E-state index in [0.717, 1.165) is 99.9 Å². The smallest absolute Gasteiger partial charge is 0.256 e.